The van der Waals surface area contributed by atoms with Crippen molar-refractivity contribution in [3.05, 3.63) is 108 Å². The summed E-state index contributed by atoms with van der Waals surface area (Å²) in [5, 5.41) is 14.5. The number of carbonyl (C=O) groups excluding carboxylic acids is 2. The average molecular weight is 414 g/mol. The molecular formula is C25H22N2O4. The zero-order valence-electron chi connectivity index (χ0n) is 16.7. The molecule has 0 aliphatic carbocycles. The molecule has 0 aliphatic rings. The summed E-state index contributed by atoms with van der Waals surface area (Å²) in [7, 11) is 0. The summed E-state index contributed by atoms with van der Waals surface area (Å²) >= 11 is 0. The van der Waals surface area contributed by atoms with Crippen LogP contribution >= 0.6 is 0 Å². The van der Waals surface area contributed by atoms with Crippen LogP contribution in [-0.4, -0.2) is 28.9 Å². The second-order valence-corrected chi connectivity index (χ2v) is 6.87. The van der Waals surface area contributed by atoms with Crippen molar-refractivity contribution in [1.29, 1.82) is 0 Å². The number of hydrogen-bond donors (Lipinski definition) is 3. The molecule has 0 heterocycles. The lowest BCUT2D eigenvalue weighted by Gasteiger charge is -2.18. The highest BCUT2D eigenvalue weighted by Gasteiger charge is 2.21. The summed E-state index contributed by atoms with van der Waals surface area (Å²) in [5.41, 5.74) is 2.34. The van der Waals surface area contributed by atoms with E-state index in [0.717, 1.165) is 11.1 Å². The minimum atomic E-state index is -1.04. The summed E-state index contributed by atoms with van der Waals surface area (Å²) in [6.45, 7) is 0. The van der Waals surface area contributed by atoms with E-state index in [4.69, 9.17) is 5.11 Å². The Kier molecular flexibility index (Phi) is 7.32. The van der Waals surface area contributed by atoms with Gasteiger partial charge in [0.15, 0.2) is 0 Å². The number of benzene rings is 3. The van der Waals surface area contributed by atoms with E-state index in [9.17, 15) is 14.4 Å². The van der Waals surface area contributed by atoms with Gasteiger partial charge in [0.25, 0.3) is 0 Å². The minimum absolute atomic E-state index is 0.123. The maximum absolute atomic E-state index is 12.9. The molecule has 31 heavy (non-hydrogen) atoms. The quantitative estimate of drug-likeness (QED) is 0.489. The monoisotopic (exact) mass is 414 g/mol. The highest BCUT2D eigenvalue weighted by Crippen LogP contribution is 2.12. The standard InChI is InChI=1S/C25H22N2O4/c28-23(16-11-18-7-3-1-4-8-18)27-22(17-19-9-5-2-6-10-19)24(29)26-21-14-12-20(13-15-21)25(30)31/h1-16,22H,17H2,(H,26,29)(H,27,28)(H,30,31)/t22-/m0/s1. The van der Waals surface area contributed by atoms with Gasteiger partial charge in [0.1, 0.15) is 6.04 Å². The molecule has 0 bridgehead atoms. The average Bonchev–Trinajstić information content (AvgIpc) is 2.79. The maximum Gasteiger partial charge on any atom is 0.335 e. The Balaban J connectivity index is 1.72. The van der Waals surface area contributed by atoms with Gasteiger partial charge >= 0.3 is 5.97 Å². The Morgan fingerprint density at radius 3 is 2.06 bits per heavy atom. The van der Waals surface area contributed by atoms with Crippen LogP contribution in [0, 0.1) is 0 Å². The highest BCUT2D eigenvalue weighted by molar-refractivity contribution is 6.00. The van der Waals surface area contributed by atoms with Crippen LogP contribution in [0.1, 0.15) is 21.5 Å². The SMILES string of the molecule is O=C(C=Cc1ccccc1)N[C@@H](Cc1ccccc1)C(=O)Nc1ccc(C(=O)O)cc1. The van der Waals surface area contributed by atoms with Crippen LogP contribution in [0.25, 0.3) is 6.08 Å². The van der Waals surface area contributed by atoms with E-state index in [1.165, 1.54) is 30.3 Å². The lowest BCUT2D eigenvalue weighted by molar-refractivity contribution is -0.123. The Morgan fingerprint density at radius 2 is 1.45 bits per heavy atom. The molecule has 6 heteroatoms. The molecule has 3 rings (SSSR count). The van der Waals surface area contributed by atoms with Gasteiger partial charge in [0.2, 0.25) is 11.8 Å². The first-order valence-electron chi connectivity index (χ1n) is 9.73. The zero-order valence-corrected chi connectivity index (χ0v) is 16.7. The third-order valence-electron chi connectivity index (χ3n) is 4.54. The van der Waals surface area contributed by atoms with Gasteiger partial charge in [0.05, 0.1) is 5.56 Å². The molecule has 156 valence electrons. The third-order valence-corrected chi connectivity index (χ3v) is 4.54. The molecule has 1 atom stereocenters. The van der Waals surface area contributed by atoms with Gasteiger partial charge in [-0.05, 0) is 41.5 Å². The van der Waals surface area contributed by atoms with E-state index in [1.807, 2.05) is 60.7 Å². The number of hydrogen-bond acceptors (Lipinski definition) is 3. The molecule has 0 aromatic heterocycles. The Hall–Kier alpha value is -4.19. The second kappa shape index (κ2) is 10.5. The van der Waals surface area contributed by atoms with Crippen molar-refractivity contribution in [2.24, 2.45) is 0 Å². The maximum atomic E-state index is 12.9. The van der Waals surface area contributed by atoms with Crippen LogP contribution in [0.3, 0.4) is 0 Å². The molecule has 0 radical (unpaired) electrons. The summed E-state index contributed by atoms with van der Waals surface area (Å²) < 4.78 is 0. The summed E-state index contributed by atoms with van der Waals surface area (Å²) in [6, 6.07) is 23.8. The number of aromatic carboxylic acids is 1. The van der Waals surface area contributed by atoms with Crippen LogP contribution < -0.4 is 10.6 Å². The normalized spacial score (nSPS) is 11.6. The smallest absolute Gasteiger partial charge is 0.335 e. The summed E-state index contributed by atoms with van der Waals surface area (Å²) in [5.74, 6) is -1.83. The van der Waals surface area contributed by atoms with E-state index in [0.29, 0.717) is 12.1 Å². The number of anilines is 1. The first-order chi connectivity index (χ1) is 15.0. The molecule has 3 aromatic carbocycles. The predicted molar refractivity (Wildman–Crippen MR) is 120 cm³/mol. The Labute approximate surface area is 180 Å². The van der Waals surface area contributed by atoms with E-state index >= 15 is 0 Å². The summed E-state index contributed by atoms with van der Waals surface area (Å²) in [6.07, 6.45) is 3.38. The number of carboxylic acids is 1. The number of nitrogens with one attached hydrogen (secondary N) is 2. The molecule has 0 unspecified atom stereocenters. The van der Waals surface area contributed by atoms with E-state index in [1.54, 1.807) is 6.08 Å². The molecule has 0 saturated heterocycles. The second-order valence-electron chi connectivity index (χ2n) is 6.87. The number of rotatable bonds is 8. The molecule has 0 spiro atoms. The lowest BCUT2D eigenvalue weighted by Crippen LogP contribution is -2.44. The molecule has 0 aliphatic heterocycles. The van der Waals surface area contributed by atoms with E-state index in [2.05, 4.69) is 10.6 Å². The molecule has 2 amide bonds. The Morgan fingerprint density at radius 1 is 0.839 bits per heavy atom. The molecule has 0 fully saturated rings. The predicted octanol–water partition coefficient (Wildman–Crippen LogP) is 3.76. The fourth-order valence-electron chi connectivity index (χ4n) is 2.94. The van der Waals surface area contributed by atoms with Gasteiger partial charge in [-0.2, -0.15) is 0 Å². The van der Waals surface area contributed by atoms with Gasteiger partial charge in [-0.25, -0.2) is 4.79 Å². The first-order valence-corrected chi connectivity index (χ1v) is 9.73. The number of carboxylic acid groups (broad SMARTS) is 1. The fourth-order valence-corrected chi connectivity index (χ4v) is 2.94. The van der Waals surface area contributed by atoms with Crippen molar-refractivity contribution in [1.82, 2.24) is 5.32 Å². The molecule has 3 N–H and O–H groups in total. The van der Waals surface area contributed by atoms with Crippen molar-refractivity contribution in [2.75, 3.05) is 5.32 Å². The van der Waals surface area contributed by atoms with E-state index < -0.39 is 17.9 Å². The highest BCUT2D eigenvalue weighted by atomic mass is 16.4. The van der Waals surface area contributed by atoms with Crippen LogP contribution in [0.5, 0.6) is 0 Å². The Bertz CT molecular complexity index is 1060. The number of amides is 2. The first kappa shape index (κ1) is 21.5. The van der Waals surface area contributed by atoms with Crippen LogP contribution in [0.4, 0.5) is 5.69 Å². The van der Waals surface area contributed by atoms with Crippen molar-refractivity contribution in [2.45, 2.75) is 12.5 Å². The van der Waals surface area contributed by atoms with Gasteiger partial charge in [-0.3, -0.25) is 9.59 Å². The van der Waals surface area contributed by atoms with Crippen LogP contribution in [0.15, 0.2) is 91.0 Å². The minimum Gasteiger partial charge on any atom is -0.478 e. The van der Waals surface area contributed by atoms with Crippen molar-refractivity contribution < 1.29 is 19.5 Å². The molecular weight excluding hydrogens is 392 g/mol. The third kappa shape index (κ3) is 6.68. The lowest BCUT2D eigenvalue weighted by atomic mass is 10.0. The van der Waals surface area contributed by atoms with Gasteiger partial charge in [-0.1, -0.05) is 60.7 Å². The van der Waals surface area contributed by atoms with Gasteiger partial charge < -0.3 is 15.7 Å². The van der Waals surface area contributed by atoms with Crippen molar-refractivity contribution in [3.63, 3.8) is 0 Å². The van der Waals surface area contributed by atoms with Crippen LogP contribution in [-0.2, 0) is 16.0 Å². The summed E-state index contributed by atoms with van der Waals surface area (Å²) in [4.78, 5) is 36.3. The van der Waals surface area contributed by atoms with Crippen molar-refractivity contribution in [3.8, 4) is 0 Å². The largest absolute Gasteiger partial charge is 0.478 e. The molecule has 3 aromatic rings. The van der Waals surface area contributed by atoms with Gasteiger partial charge in [-0.15, -0.1) is 0 Å². The van der Waals surface area contributed by atoms with E-state index in [-0.39, 0.29) is 11.5 Å². The van der Waals surface area contributed by atoms with Crippen LogP contribution in [0.2, 0.25) is 0 Å². The topological polar surface area (TPSA) is 95.5 Å². The fraction of sp³-hybridized carbons (Fsp3) is 0.0800. The van der Waals surface area contributed by atoms with Crippen molar-refractivity contribution >= 4 is 29.5 Å². The number of carbonyl (C=O) groups is 3. The van der Waals surface area contributed by atoms with Gasteiger partial charge in [0, 0.05) is 18.2 Å². The molecule has 0 saturated carbocycles. The zero-order chi connectivity index (χ0) is 22.1. The molecule has 6 nitrogen and oxygen atoms in total.